The van der Waals surface area contributed by atoms with Gasteiger partial charge in [0.25, 0.3) is 0 Å². The summed E-state index contributed by atoms with van der Waals surface area (Å²) in [6.45, 7) is 0.707. The second-order valence-electron chi connectivity index (χ2n) is 6.11. The average molecular weight is 366 g/mol. The van der Waals surface area contributed by atoms with Crippen LogP contribution in [-0.2, 0) is 16.4 Å². The van der Waals surface area contributed by atoms with Crippen LogP contribution in [-0.4, -0.2) is 27.3 Å². The predicted octanol–water partition coefficient (Wildman–Crippen LogP) is 3.36. The van der Waals surface area contributed by atoms with Gasteiger partial charge >= 0.3 is 0 Å². The zero-order valence-corrected chi connectivity index (χ0v) is 14.7. The molecule has 0 spiro atoms. The van der Waals surface area contributed by atoms with Crippen LogP contribution >= 0.6 is 0 Å². The normalized spacial score (nSPS) is 18.8. The van der Waals surface area contributed by atoms with Crippen LogP contribution in [0.25, 0.3) is 0 Å². The van der Waals surface area contributed by atoms with Gasteiger partial charge in [0.15, 0.2) is 5.82 Å². The van der Waals surface area contributed by atoms with Gasteiger partial charge in [-0.1, -0.05) is 18.2 Å². The first-order chi connectivity index (χ1) is 11.9. The van der Waals surface area contributed by atoms with E-state index in [0.29, 0.717) is 37.6 Å². The summed E-state index contributed by atoms with van der Waals surface area (Å²) < 4.78 is 55.0. The zero-order valence-electron chi connectivity index (χ0n) is 13.9. The van der Waals surface area contributed by atoms with Gasteiger partial charge in [-0.25, -0.2) is 21.5 Å². The van der Waals surface area contributed by atoms with Gasteiger partial charge in [-0.05, 0) is 56.6 Å². The van der Waals surface area contributed by atoms with E-state index in [4.69, 9.17) is 0 Å². The molecule has 1 N–H and O–H groups in total. The van der Waals surface area contributed by atoms with Crippen LogP contribution in [0.2, 0.25) is 0 Å². The molecule has 0 aromatic heterocycles. The summed E-state index contributed by atoms with van der Waals surface area (Å²) in [7, 11) is -1.99. The number of hydrogen-bond acceptors (Lipinski definition) is 3. The molecular formula is C18H20F2N2O2S. The number of sulfonamides is 1. The molecule has 3 rings (SSSR count). The molecule has 0 unspecified atom stereocenters. The molecule has 7 heteroatoms. The number of nitrogens with one attached hydrogen (secondary N) is 1. The van der Waals surface area contributed by atoms with Crippen LogP contribution < -0.4 is 9.62 Å². The van der Waals surface area contributed by atoms with Crippen LogP contribution in [0, 0.1) is 11.6 Å². The molecular weight excluding hydrogens is 346 g/mol. The van der Waals surface area contributed by atoms with Crippen LogP contribution in [0.1, 0.15) is 18.4 Å². The minimum absolute atomic E-state index is 0.146. The Bertz CT molecular complexity index is 871. The number of hydrogen-bond donors (Lipinski definition) is 1. The van der Waals surface area contributed by atoms with E-state index < -0.39 is 26.9 Å². The summed E-state index contributed by atoms with van der Waals surface area (Å²) in [5.41, 5.74) is 1.13. The highest BCUT2D eigenvalue weighted by Crippen LogP contribution is 2.40. The van der Waals surface area contributed by atoms with Crippen molar-refractivity contribution in [3.63, 3.8) is 0 Å². The molecule has 0 fully saturated rings. The molecule has 25 heavy (non-hydrogen) atoms. The quantitative estimate of drug-likeness (QED) is 0.826. The highest BCUT2D eigenvalue weighted by Gasteiger charge is 2.39. The van der Waals surface area contributed by atoms with Crippen molar-refractivity contribution in [3.05, 3.63) is 59.7 Å². The number of rotatable bonds is 5. The first kappa shape index (κ1) is 17.8. The first-order valence-corrected chi connectivity index (χ1v) is 9.67. The van der Waals surface area contributed by atoms with Gasteiger partial charge < -0.3 is 5.32 Å². The van der Waals surface area contributed by atoms with Gasteiger partial charge in [0, 0.05) is 6.07 Å². The van der Waals surface area contributed by atoms with Crippen molar-refractivity contribution >= 4 is 21.4 Å². The average Bonchev–Trinajstić information content (AvgIpc) is 2.57. The van der Waals surface area contributed by atoms with E-state index >= 15 is 0 Å². The topological polar surface area (TPSA) is 49.4 Å². The lowest BCUT2D eigenvalue weighted by Gasteiger charge is -2.35. The summed E-state index contributed by atoms with van der Waals surface area (Å²) in [5.74, 6) is -1.64. The second kappa shape index (κ2) is 7.09. The standard InChI is InChI=1S/C18H20F2N2O2S/c1-21-10-4-6-15-11-13-5-2-3-7-17(13)22(25(15,23)24)18-9-8-14(19)12-16(18)20/h2-3,5,7-9,12,15,21H,4,6,10-11H2,1H3/t15-/m0/s1. The minimum Gasteiger partial charge on any atom is -0.320 e. The van der Waals surface area contributed by atoms with E-state index in [1.54, 1.807) is 12.1 Å². The van der Waals surface area contributed by atoms with Crippen LogP contribution in [0.15, 0.2) is 42.5 Å². The molecule has 0 aliphatic carbocycles. The highest BCUT2D eigenvalue weighted by atomic mass is 32.2. The fourth-order valence-electron chi connectivity index (χ4n) is 3.19. The summed E-state index contributed by atoms with van der Waals surface area (Å²) >= 11 is 0. The van der Waals surface area contributed by atoms with E-state index in [0.717, 1.165) is 15.9 Å². The van der Waals surface area contributed by atoms with E-state index in [2.05, 4.69) is 5.32 Å². The molecule has 4 nitrogen and oxygen atoms in total. The minimum atomic E-state index is -3.80. The van der Waals surface area contributed by atoms with Gasteiger partial charge in [0.05, 0.1) is 16.6 Å². The molecule has 1 atom stereocenters. The predicted molar refractivity (Wildman–Crippen MR) is 94.5 cm³/mol. The molecule has 0 radical (unpaired) electrons. The Morgan fingerprint density at radius 3 is 2.64 bits per heavy atom. The Balaban J connectivity index is 2.10. The van der Waals surface area contributed by atoms with E-state index in [9.17, 15) is 17.2 Å². The SMILES string of the molecule is CNCCC[C@H]1Cc2ccccc2N(c2ccc(F)cc2F)S1(=O)=O. The maximum Gasteiger partial charge on any atom is 0.242 e. The Morgan fingerprint density at radius 2 is 1.92 bits per heavy atom. The Hall–Kier alpha value is -1.99. The largest absolute Gasteiger partial charge is 0.320 e. The van der Waals surface area contributed by atoms with Crippen LogP contribution in [0.5, 0.6) is 0 Å². The summed E-state index contributed by atoms with van der Waals surface area (Å²) in [4.78, 5) is 0. The Labute approximate surface area is 146 Å². The van der Waals surface area contributed by atoms with Gasteiger partial charge in [0.2, 0.25) is 10.0 Å². The Kier molecular flexibility index (Phi) is 5.06. The van der Waals surface area contributed by atoms with Crippen molar-refractivity contribution in [1.82, 2.24) is 5.32 Å². The van der Waals surface area contributed by atoms with Gasteiger partial charge in [-0.15, -0.1) is 0 Å². The third-order valence-electron chi connectivity index (χ3n) is 4.42. The molecule has 0 amide bonds. The zero-order chi connectivity index (χ0) is 18.0. The van der Waals surface area contributed by atoms with Crippen molar-refractivity contribution < 1.29 is 17.2 Å². The van der Waals surface area contributed by atoms with Crippen molar-refractivity contribution in [2.75, 3.05) is 17.9 Å². The molecule has 2 aromatic carbocycles. The van der Waals surface area contributed by atoms with E-state index in [1.807, 2.05) is 19.2 Å². The van der Waals surface area contributed by atoms with E-state index in [1.165, 1.54) is 6.07 Å². The first-order valence-electron chi connectivity index (χ1n) is 8.17. The number of benzene rings is 2. The lowest BCUT2D eigenvalue weighted by atomic mass is 10.0. The van der Waals surface area contributed by atoms with Crippen molar-refractivity contribution in [3.8, 4) is 0 Å². The van der Waals surface area contributed by atoms with Crippen LogP contribution in [0.3, 0.4) is 0 Å². The fraction of sp³-hybridized carbons (Fsp3) is 0.333. The Morgan fingerprint density at radius 1 is 1.16 bits per heavy atom. The molecule has 0 saturated carbocycles. The van der Waals surface area contributed by atoms with Crippen LogP contribution in [0.4, 0.5) is 20.2 Å². The molecule has 1 heterocycles. The summed E-state index contributed by atoms with van der Waals surface area (Å²) in [6, 6.07) is 10.0. The third kappa shape index (κ3) is 3.39. The van der Waals surface area contributed by atoms with Gasteiger partial charge in [-0.2, -0.15) is 0 Å². The molecule has 1 aliphatic rings. The van der Waals surface area contributed by atoms with Gasteiger partial charge in [0.1, 0.15) is 5.82 Å². The van der Waals surface area contributed by atoms with Crippen molar-refractivity contribution in [2.45, 2.75) is 24.5 Å². The van der Waals surface area contributed by atoms with Gasteiger partial charge in [-0.3, -0.25) is 0 Å². The monoisotopic (exact) mass is 366 g/mol. The maximum atomic E-state index is 14.3. The lowest BCUT2D eigenvalue weighted by molar-refractivity contribution is 0.550. The number of halogens is 2. The maximum absolute atomic E-state index is 14.3. The third-order valence-corrected chi connectivity index (χ3v) is 6.56. The number of para-hydroxylation sites is 1. The molecule has 2 aromatic rings. The van der Waals surface area contributed by atoms with E-state index in [-0.39, 0.29) is 5.69 Å². The number of fused-ring (bicyclic) bond motifs is 1. The smallest absolute Gasteiger partial charge is 0.242 e. The number of anilines is 2. The number of nitrogens with zero attached hydrogens (tertiary/aromatic N) is 1. The summed E-state index contributed by atoms with van der Waals surface area (Å²) in [5, 5.41) is 2.36. The molecule has 1 aliphatic heterocycles. The lowest BCUT2D eigenvalue weighted by Crippen LogP contribution is -2.42. The summed E-state index contributed by atoms with van der Waals surface area (Å²) in [6.07, 6.45) is 1.56. The molecule has 0 bridgehead atoms. The fourth-order valence-corrected chi connectivity index (χ4v) is 5.22. The molecule has 134 valence electrons. The second-order valence-corrected chi connectivity index (χ2v) is 8.17. The highest BCUT2D eigenvalue weighted by molar-refractivity contribution is 7.93. The van der Waals surface area contributed by atoms with Crippen molar-refractivity contribution in [1.29, 1.82) is 0 Å². The molecule has 0 saturated heterocycles. The van der Waals surface area contributed by atoms with Crippen molar-refractivity contribution in [2.24, 2.45) is 0 Å².